The van der Waals surface area contributed by atoms with Crippen LogP contribution in [0.2, 0.25) is 0 Å². The Hall–Kier alpha value is -0.380. The van der Waals surface area contributed by atoms with Crippen molar-refractivity contribution in [1.29, 1.82) is 0 Å². The fourth-order valence-electron chi connectivity index (χ4n) is 2.62. The smallest absolute Gasteiger partial charge is 0.0331 e. The highest BCUT2D eigenvalue weighted by Crippen LogP contribution is 2.29. The number of halogens is 1. The van der Waals surface area contributed by atoms with Gasteiger partial charge in [0.15, 0.2) is 0 Å². The first-order valence-electron chi connectivity index (χ1n) is 6.43. The summed E-state index contributed by atoms with van der Waals surface area (Å²) in [6.45, 7) is 2.36. The zero-order valence-corrected chi connectivity index (χ0v) is 12.0. The normalized spacial score (nSPS) is 22.4. The molecule has 0 aliphatic carbocycles. The van der Waals surface area contributed by atoms with E-state index < -0.39 is 0 Å². The summed E-state index contributed by atoms with van der Waals surface area (Å²) in [5.41, 5.74) is 1.38. The lowest BCUT2D eigenvalue weighted by Crippen LogP contribution is -2.32. The Morgan fingerprint density at radius 2 is 2.29 bits per heavy atom. The average Bonchev–Trinajstić information content (AvgIpc) is 2.38. The summed E-state index contributed by atoms with van der Waals surface area (Å²) in [7, 11) is 2.06. The van der Waals surface area contributed by atoms with Crippen LogP contribution in [0.1, 0.15) is 30.9 Å². The van der Waals surface area contributed by atoms with Crippen molar-refractivity contribution in [2.45, 2.75) is 25.3 Å². The molecular formula is C14H21BrN2. The average molecular weight is 297 g/mol. The first kappa shape index (κ1) is 13.1. The number of piperidine rings is 1. The van der Waals surface area contributed by atoms with Gasteiger partial charge < -0.3 is 10.6 Å². The highest BCUT2D eigenvalue weighted by atomic mass is 79.9. The number of rotatable bonds is 4. The molecule has 2 rings (SSSR count). The van der Waals surface area contributed by atoms with Gasteiger partial charge in [0.2, 0.25) is 0 Å². The molecule has 0 aromatic heterocycles. The molecule has 2 unspecified atom stereocenters. The van der Waals surface area contributed by atoms with Gasteiger partial charge in [0, 0.05) is 10.5 Å². The minimum absolute atomic E-state index is 0.454. The summed E-state index contributed by atoms with van der Waals surface area (Å²) in [5, 5.41) is 6.94. The van der Waals surface area contributed by atoms with E-state index in [0.717, 1.165) is 5.92 Å². The molecule has 1 aliphatic heterocycles. The molecule has 0 amide bonds. The third kappa shape index (κ3) is 3.54. The van der Waals surface area contributed by atoms with Gasteiger partial charge in [-0.1, -0.05) is 34.1 Å². The van der Waals surface area contributed by atoms with Gasteiger partial charge in [-0.05, 0) is 56.9 Å². The predicted octanol–water partition coefficient (Wildman–Crippen LogP) is 3.10. The molecule has 17 heavy (non-hydrogen) atoms. The van der Waals surface area contributed by atoms with E-state index in [9.17, 15) is 0 Å². The van der Waals surface area contributed by atoms with Gasteiger partial charge in [0.1, 0.15) is 0 Å². The van der Waals surface area contributed by atoms with Gasteiger partial charge in [0.05, 0.1) is 0 Å². The molecule has 2 nitrogen and oxygen atoms in total. The second kappa shape index (κ2) is 6.53. The molecule has 0 bridgehead atoms. The molecule has 1 fully saturated rings. The van der Waals surface area contributed by atoms with Gasteiger partial charge in [0.25, 0.3) is 0 Å². The van der Waals surface area contributed by atoms with Crippen LogP contribution in [-0.2, 0) is 0 Å². The third-order valence-corrected chi connectivity index (χ3v) is 4.32. The van der Waals surface area contributed by atoms with Gasteiger partial charge in [-0.2, -0.15) is 0 Å². The van der Waals surface area contributed by atoms with E-state index in [-0.39, 0.29) is 0 Å². The van der Waals surface area contributed by atoms with Crippen LogP contribution in [0.4, 0.5) is 0 Å². The Kier molecular flexibility index (Phi) is 5.01. The molecule has 1 aromatic carbocycles. The van der Waals surface area contributed by atoms with Crippen molar-refractivity contribution >= 4 is 15.9 Å². The first-order valence-corrected chi connectivity index (χ1v) is 7.23. The maximum Gasteiger partial charge on any atom is 0.0331 e. The zero-order valence-electron chi connectivity index (χ0n) is 10.4. The molecule has 3 heteroatoms. The van der Waals surface area contributed by atoms with Crippen molar-refractivity contribution < 1.29 is 0 Å². The van der Waals surface area contributed by atoms with E-state index >= 15 is 0 Å². The molecule has 0 radical (unpaired) electrons. The fraction of sp³-hybridized carbons (Fsp3) is 0.571. The molecular weight excluding hydrogens is 276 g/mol. The van der Waals surface area contributed by atoms with Crippen LogP contribution in [0.15, 0.2) is 28.7 Å². The van der Waals surface area contributed by atoms with E-state index in [1.54, 1.807) is 0 Å². The molecule has 1 heterocycles. The van der Waals surface area contributed by atoms with Gasteiger partial charge in [-0.15, -0.1) is 0 Å². The second-order valence-electron chi connectivity index (χ2n) is 4.81. The van der Waals surface area contributed by atoms with Crippen molar-refractivity contribution in [2.75, 3.05) is 20.1 Å². The largest absolute Gasteiger partial charge is 0.316 e. The zero-order chi connectivity index (χ0) is 12.1. The van der Waals surface area contributed by atoms with Crippen LogP contribution >= 0.6 is 15.9 Å². The maximum absolute atomic E-state index is 3.65. The van der Waals surface area contributed by atoms with E-state index in [2.05, 4.69) is 57.9 Å². The van der Waals surface area contributed by atoms with Crippen LogP contribution in [0.25, 0.3) is 0 Å². The lowest BCUT2D eigenvalue weighted by Gasteiger charge is -2.27. The standard InChI is InChI=1S/C14H21BrN2/c1-16-14(9-11-5-4-8-17-10-11)12-6-2-3-7-13(12)15/h2-3,6-7,11,14,16-17H,4-5,8-10H2,1H3. The molecule has 2 atom stereocenters. The number of hydrogen-bond acceptors (Lipinski definition) is 2. The minimum atomic E-state index is 0.454. The third-order valence-electron chi connectivity index (χ3n) is 3.60. The molecule has 0 saturated carbocycles. The topological polar surface area (TPSA) is 24.1 Å². The SMILES string of the molecule is CNC(CC1CCCNC1)c1ccccc1Br. The molecule has 1 aromatic rings. The van der Waals surface area contributed by atoms with Crippen molar-refractivity contribution in [3.05, 3.63) is 34.3 Å². The first-order chi connectivity index (χ1) is 8.31. The summed E-state index contributed by atoms with van der Waals surface area (Å²) in [5.74, 6) is 0.799. The van der Waals surface area contributed by atoms with Crippen LogP contribution in [0.5, 0.6) is 0 Å². The monoisotopic (exact) mass is 296 g/mol. The molecule has 1 aliphatic rings. The van der Waals surface area contributed by atoms with E-state index in [4.69, 9.17) is 0 Å². The van der Waals surface area contributed by atoms with Crippen molar-refractivity contribution in [2.24, 2.45) is 5.92 Å². The van der Waals surface area contributed by atoms with Crippen molar-refractivity contribution in [3.8, 4) is 0 Å². The molecule has 94 valence electrons. The van der Waals surface area contributed by atoms with E-state index in [0.29, 0.717) is 6.04 Å². The van der Waals surface area contributed by atoms with Crippen LogP contribution < -0.4 is 10.6 Å². The van der Waals surface area contributed by atoms with Gasteiger partial charge >= 0.3 is 0 Å². The van der Waals surface area contributed by atoms with Crippen LogP contribution in [0, 0.1) is 5.92 Å². The second-order valence-corrected chi connectivity index (χ2v) is 5.67. The fourth-order valence-corrected chi connectivity index (χ4v) is 3.18. The van der Waals surface area contributed by atoms with Crippen molar-refractivity contribution in [1.82, 2.24) is 10.6 Å². The van der Waals surface area contributed by atoms with E-state index in [1.165, 1.54) is 42.4 Å². The summed E-state index contributed by atoms with van der Waals surface area (Å²) >= 11 is 3.65. The van der Waals surface area contributed by atoms with E-state index in [1.807, 2.05) is 0 Å². The molecule has 1 saturated heterocycles. The Balaban J connectivity index is 2.03. The highest BCUT2D eigenvalue weighted by molar-refractivity contribution is 9.10. The number of hydrogen-bond donors (Lipinski definition) is 2. The Morgan fingerprint density at radius 3 is 2.94 bits per heavy atom. The number of benzene rings is 1. The highest BCUT2D eigenvalue weighted by Gasteiger charge is 2.20. The van der Waals surface area contributed by atoms with Gasteiger partial charge in [-0.3, -0.25) is 0 Å². The quantitative estimate of drug-likeness (QED) is 0.892. The predicted molar refractivity (Wildman–Crippen MR) is 76.2 cm³/mol. The Morgan fingerprint density at radius 1 is 1.47 bits per heavy atom. The molecule has 0 spiro atoms. The van der Waals surface area contributed by atoms with Crippen LogP contribution in [0.3, 0.4) is 0 Å². The minimum Gasteiger partial charge on any atom is -0.316 e. The Labute approximate surface area is 112 Å². The van der Waals surface area contributed by atoms with Crippen LogP contribution in [-0.4, -0.2) is 20.1 Å². The number of nitrogens with one attached hydrogen (secondary N) is 2. The molecule has 2 N–H and O–H groups in total. The van der Waals surface area contributed by atoms with Gasteiger partial charge in [-0.25, -0.2) is 0 Å². The summed E-state index contributed by atoms with van der Waals surface area (Å²) in [6.07, 6.45) is 3.89. The Bertz CT molecular complexity index is 348. The lowest BCUT2D eigenvalue weighted by atomic mass is 9.89. The lowest BCUT2D eigenvalue weighted by molar-refractivity contribution is 0.321. The maximum atomic E-state index is 3.65. The summed E-state index contributed by atoms with van der Waals surface area (Å²) in [4.78, 5) is 0. The van der Waals surface area contributed by atoms with Crippen molar-refractivity contribution in [3.63, 3.8) is 0 Å². The summed E-state index contributed by atoms with van der Waals surface area (Å²) in [6, 6.07) is 8.97. The summed E-state index contributed by atoms with van der Waals surface area (Å²) < 4.78 is 1.21.